The maximum Gasteiger partial charge on any atom is 0.249 e. The van der Waals surface area contributed by atoms with Crippen molar-refractivity contribution >= 4 is 23.6 Å². The van der Waals surface area contributed by atoms with Crippen LogP contribution in [0.4, 0.5) is 0 Å². The summed E-state index contributed by atoms with van der Waals surface area (Å²) in [6, 6.07) is 6.47. The summed E-state index contributed by atoms with van der Waals surface area (Å²) < 4.78 is 5.30. The molecule has 3 atom stereocenters. The molecule has 0 bridgehead atoms. The van der Waals surface area contributed by atoms with Crippen molar-refractivity contribution in [3.63, 3.8) is 0 Å². The third-order valence-corrected chi connectivity index (χ3v) is 6.63. The molecule has 0 aliphatic carbocycles. The Morgan fingerprint density at radius 1 is 1.41 bits per heavy atom. The van der Waals surface area contributed by atoms with Gasteiger partial charge >= 0.3 is 0 Å². The van der Waals surface area contributed by atoms with Crippen LogP contribution in [0.2, 0.25) is 0 Å². The second-order valence-electron chi connectivity index (χ2n) is 7.50. The van der Waals surface area contributed by atoms with Gasteiger partial charge < -0.3 is 20.7 Å². The number of H-pyrrole nitrogens is 1. The summed E-state index contributed by atoms with van der Waals surface area (Å²) in [5, 5.41) is 16.9. The number of carbonyl (C=O) groups excluding carboxylic acids is 2. The number of nitrogens with two attached hydrogens (primary N) is 1. The molecule has 1 aromatic carbocycles. The van der Waals surface area contributed by atoms with Crippen molar-refractivity contribution in [2.45, 2.75) is 42.5 Å². The molecule has 2 amide bonds. The minimum atomic E-state index is -0.569. The quantitative estimate of drug-likeness (QED) is 0.535. The Labute approximate surface area is 171 Å². The number of β-lactam (4-membered cyclic amide) rings is 1. The maximum atomic E-state index is 12.8. The van der Waals surface area contributed by atoms with Crippen LogP contribution in [0, 0.1) is 0 Å². The van der Waals surface area contributed by atoms with Gasteiger partial charge in [-0.05, 0) is 19.9 Å². The Bertz CT molecular complexity index is 905. The summed E-state index contributed by atoms with van der Waals surface area (Å²) in [5.74, 6) is 0.745. The number of carbonyl (C=O) groups is 2. The van der Waals surface area contributed by atoms with E-state index in [1.165, 1.54) is 0 Å². The number of fused-ring (bicyclic) bond motifs is 1. The molecule has 2 aromatic rings. The standard InChI is InChI=1S/C18H23N7O3S/c1-18(2)14(15-21-23-24-22-15)25-16(27)13(17(25)29-18)20-12(26)9-10-5-3-4-6-11(10)28-8-7-19/h3-6,13-14,17H,7-9,19H2,1-2H3,(H,20,26)(H,21,22,23,24)/t13?,14?,17-/m0/s1. The highest BCUT2D eigenvalue weighted by Crippen LogP contribution is 2.56. The van der Waals surface area contributed by atoms with E-state index in [1.54, 1.807) is 22.7 Å². The number of hydrogen-bond donors (Lipinski definition) is 3. The predicted molar refractivity (Wildman–Crippen MR) is 106 cm³/mol. The van der Waals surface area contributed by atoms with E-state index >= 15 is 0 Å². The molecule has 0 radical (unpaired) electrons. The zero-order valence-electron chi connectivity index (χ0n) is 16.2. The first-order valence-corrected chi connectivity index (χ1v) is 10.2. The summed E-state index contributed by atoms with van der Waals surface area (Å²) in [6.45, 7) is 4.84. The van der Waals surface area contributed by atoms with Crippen molar-refractivity contribution in [3.8, 4) is 5.75 Å². The van der Waals surface area contributed by atoms with Gasteiger partial charge in [0.1, 0.15) is 29.8 Å². The Morgan fingerprint density at radius 2 is 2.21 bits per heavy atom. The van der Waals surface area contributed by atoms with Crippen LogP contribution in [0.15, 0.2) is 24.3 Å². The van der Waals surface area contributed by atoms with E-state index in [0.717, 1.165) is 5.56 Å². The Balaban J connectivity index is 1.43. The molecule has 3 heterocycles. The van der Waals surface area contributed by atoms with Gasteiger partial charge in [0.2, 0.25) is 11.8 Å². The molecule has 11 heteroatoms. The van der Waals surface area contributed by atoms with E-state index in [0.29, 0.717) is 24.7 Å². The number of ether oxygens (including phenoxy) is 1. The topological polar surface area (TPSA) is 139 Å². The molecule has 2 fully saturated rings. The number of benzene rings is 1. The number of nitrogens with one attached hydrogen (secondary N) is 2. The van der Waals surface area contributed by atoms with Crippen LogP contribution < -0.4 is 15.8 Å². The fraction of sp³-hybridized carbons (Fsp3) is 0.500. The van der Waals surface area contributed by atoms with Gasteiger partial charge in [0, 0.05) is 16.9 Å². The molecule has 4 rings (SSSR count). The zero-order chi connectivity index (χ0) is 20.6. The highest BCUT2D eigenvalue weighted by atomic mass is 32.2. The van der Waals surface area contributed by atoms with Crippen molar-refractivity contribution < 1.29 is 14.3 Å². The number of thioether (sulfide) groups is 1. The fourth-order valence-electron chi connectivity index (χ4n) is 3.81. The van der Waals surface area contributed by atoms with Crippen LogP contribution in [0.1, 0.15) is 31.3 Å². The first kappa shape index (κ1) is 19.6. The van der Waals surface area contributed by atoms with Crippen LogP contribution >= 0.6 is 11.8 Å². The summed E-state index contributed by atoms with van der Waals surface area (Å²) >= 11 is 1.63. The molecule has 4 N–H and O–H groups in total. The molecule has 2 saturated heterocycles. The summed E-state index contributed by atoms with van der Waals surface area (Å²) in [6.07, 6.45) is 0.125. The fourth-order valence-corrected chi connectivity index (χ4v) is 5.44. The van der Waals surface area contributed by atoms with Gasteiger partial charge in [-0.25, -0.2) is 0 Å². The molecule has 0 spiro atoms. The molecule has 1 aromatic heterocycles. The highest BCUT2D eigenvalue weighted by Gasteiger charge is 2.63. The van der Waals surface area contributed by atoms with Crippen molar-refractivity contribution in [1.29, 1.82) is 0 Å². The van der Waals surface area contributed by atoms with Gasteiger partial charge in [0.15, 0.2) is 5.82 Å². The minimum absolute atomic E-state index is 0.125. The minimum Gasteiger partial charge on any atom is -0.492 e. The maximum absolute atomic E-state index is 12.8. The number of aromatic nitrogens is 4. The number of aromatic amines is 1. The van der Waals surface area contributed by atoms with Gasteiger partial charge in [-0.3, -0.25) is 9.59 Å². The lowest BCUT2D eigenvalue weighted by molar-refractivity contribution is -0.151. The summed E-state index contributed by atoms with van der Waals surface area (Å²) in [4.78, 5) is 27.2. The lowest BCUT2D eigenvalue weighted by Gasteiger charge is -2.44. The first-order chi connectivity index (χ1) is 13.9. The van der Waals surface area contributed by atoms with Crippen LogP contribution in [0.25, 0.3) is 0 Å². The molecule has 2 unspecified atom stereocenters. The van der Waals surface area contributed by atoms with Crippen molar-refractivity contribution in [1.82, 2.24) is 30.8 Å². The predicted octanol–water partition coefficient (Wildman–Crippen LogP) is -0.000500. The normalized spacial score (nSPS) is 24.7. The lowest BCUT2D eigenvalue weighted by Crippen LogP contribution is -2.68. The number of amides is 2. The molecular formula is C18H23N7O3S. The third kappa shape index (κ3) is 3.55. The van der Waals surface area contributed by atoms with Crippen molar-refractivity contribution in [2.75, 3.05) is 13.2 Å². The Kier molecular flexibility index (Phi) is 5.17. The lowest BCUT2D eigenvalue weighted by atomic mass is 9.95. The van der Waals surface area contributed by atoms with E-state index in [2.05, 4.69) is 25.9 Å². The number of hydrogen-bond acceptors (Lipinski definition) is 8. The van der Waals surface area contributed by atoms with Gasteiger partial charge in [0.05, 0.1) is 6.42 Å². The molecular weight excluding hydrogens is 394 g/mol. The molecule has 29 heavy (non-hydrogen) atoms. The van der Waals surface area contributed by atoms with Gasteiger partial charge in [0.25, 0.3) is 0 Å². The van der Waals surface area contributed by atoms with Crippen LogP contribution in [0.5, 0.6) is 5.75 Å². The second kappa shape index (κ2) is 7.64. The average molecular weight is 417 g/mol. The monoisotopic (exact) mass is 417 g/mol. The number of tetrazole rings is 1. The smallest absolute Gasteiger partial charge is 0.249 e. The third-order valence-electron chi connectivity index (χ3n) is 5.06. The second-order valence-corrected chi connectivity index (χ2v) is 9.27. The average Bonchev–Trinajstić information content (AvgIpc) is 3.29. The van der Waals surface area contributed by atoms with Gasteiger partial charge in [-0.15, -0.1) is 22.0 Å². The van der Waals surface area contributed by atoms with Crippen LogP contribution in [0.3, 0.4) is 0 Å². The zero-order valence-corrected chi connectivity index (χ0v) is 17.0. The summed E-state index contributed by atoms with van der Waals surface area (Å²) in [7, 11) is 0. The van der Waals surface area contributed by atoms with E-state index in [1.807, 2.05) is 32.0 Å². The van der Waals surface area contributed by atoms with E-state index in [9.17, 15) is 9.59 Å². The van der Waals surface area contributed by atoms with Crippen molar-refractivity contribution in [2.24, 2.45) is 5.73 Å². The molecule has 154 valence electrons. The van der Waals surface area contributed by atoms with Gasteiger partial charge in [-0.2, -0.15) is 5.21 Å². The van der Waals surface area contributed by atoms with Crippen LogP contribution in [-0.4, -0.2) is 66.7 Å². The van der Waals surface area contributed by atoms with E-state index in [-0.39, 0.29) is 34.4 Å². The SMILES string of the molecule is CC1(C)S[C@H]2C(NC(=O)Cc3ccccc3OCCN)C(=O)N2C1c1nn[nH]n1. The number of para-hydroxylation sites is 1. The van der Waals surface area contributed by atoms with Crippen LogP contribution in [-0.2, 0) is 16.0 Å². The Hall–Kier alpha value is -2.66. The van der Waals surface area contributed by atoms with E-state index in [4.69, 9.17) is 10.5 Å². The number of rotatable bonds is 7. The van der Waals surface area contributed by atoms with Gasteiger partial charge in [-0.1, -0.05) is 23.4 Å². The molecule has 2 aliphatic heterocycles. The number of nitrogens with zero attached hydrogens (tertiary/aromatic N) is 4. The molecule has 2 aliphatic rings. The molecule has 0 saturated carbocycles. The summed E-state index contributed by atoms with van der Waals surface area (Å²) in [5.41, 5.74) is 6.24. The first-order valence-electron chi connectivity index (χ1n) is 9.36. The van der Waals surface area contributed by atoms with E-state index < -0.39 is 6.04 Å². The Morgan fingerprint density at radius 3 is 2.93 bits per heavy atom. The van der Waals surface area contributed by atoms with Crippen molar-refractivity contribution in [3.05, 3.63) is 35.7 Å². The largest absolute Gasteiger partial charge is 0.492 e. The highest BCUT2D eigenvalue weighted by molar-refractivity contribution is 8.01. The molecule has 10 nitrogen and oxygen atoms in total.